The Kier molecular flexibility index (Phi) is 5.36. The molecule has 2 rings (SSSR count). The summed E-state index contributed by atoms with van der Waals surface area (Å²) >= 11 is 2.91. The van der Waals surface area contributed by atoms with E-state index in [1.165, 1.54) is 21.1 Å². The van der Waals surface area contributed by atoms with Crippen LogP contribution in [0.2, 0.25) is 0 Å². The van der Waals surface area contributed by atoms with Crippen molar-refractivity contribution in [2.24, 2.45) is 0 Å². The van der Waals surface area contributed by atoms with Gasteiger partial charge >= 0.3 is 0 Å². The van der Waals surface area contributed by atoms with Gasteiger partial charge in [0.2, 0.25) is 0 Å². The molecule has 0 aromatic heterocycles. The van der Waals surface area contributed by atoms with Crippen molar-refractivity contribution < 1.29 is 9.47 Å². The van der Waals surface area contributed by atoms with Crippen molar-refractivity contribution in [2.45, 2.75) is 9.79 Å². The summed E-state index contributed by atoms with van der Waals surface area (Å²) in [5, 5.41) is 0. The van der Waals surface area contributed by atoms with Gasteiger partial charge in [0.25, 0.3) is 0 Å². The van der Waals surface area contributed by atoms with Gasteiger partial charge in [0.1, 0.15) is 11.5 Å². The highest BCUT2D eigenvalue weighted by Crippen LogP contribution is 2.22. The third kappa shape index (κ3) is 4.33. The number of ether oxygens (including phenoxy) is 2. The Morgan fingerprint density at radius 2 is 1.37 bits per heavy atom. The van der Waals surface area contributed by atoms with E-state index in [1.807, 2.05) is 24.3 Å². The standard InChI is InChI=1S/C15H16O2S2/c1-16-12-3-7-14(8-4-12)18-11-19-15-9-5-13(17-2)6-10-15/h3-11,18H,1-2H3. The van der Waals surface area contributed by atoms with E-state index in [9.17, 15) is 0 Å². The maximum atomic E-state index is 5.13. The second-order valence-electron chi connectivity index (χ2n) is 3.73. The normalized spacial score (nSPS) is 11.1. The number of rotatable bonds is 5. The van der Waals surface area contributed by atoms with Crippen LogP contribution in [0.3, 0.4) is 0 Å². The fourth-order valence-corrected chi connectivity index (χ4v) is 3.27. The summed E-state index contributed by atoms with van der Waals surface area (Å²) in [6, 6.07) is 16.2. The average molecular weight is 292 g/mol. The summed E-state index contributed by atoms with van der Waals surface area (Å²) in [4.78, 5) is 2.46. The second-order valence-corrected chi connectivity index (χ2v) is 6.05. The molecule has 0 bridgehead atoms. The summed E-state index contributed by atoms with van der Waals surface area (Å²) in [7, 11) is 3.36. The molecule has 0 aliphatic heterocycles. The molecule has 2 nitrogen and oxygen atoms in total. The highest BCUT2D eigenvalue weighted by molar-refractivity contribution is 8.25. The van der Waals surface area contributed by atoms with Crippen LogP contribution in [-0.2, 0) is 0 Å². The van der Waals surface area contributed by atoms with Crippen LogP contribution in [0, 0.1) is 0 Å². The van der Waals surface area contributed by atoms with Gasteiger partial charge in [0.15, 0.2) is 0 Å². The molecule has 0 saturated heterocycles. The molecule has 2 aromatic carbocycles. The largest absolute Gasteiger partial charge is 0.497 e. The van der Waals surface area contributed by atoms with Crippen LogP contribution in [0.4, 0.5) is 0 Å². The fraction of sp³-hybridized carbons (Fsp3) is 0.133. The number of thiol groups is 1. The van der Waals surface area contributed by atoms with Gasteiger partial charge in [-0.25, -0.2) is 0 Å². The van der Waals surface area contributed by atoms with Crippen molar-refractivity contribution in [3.8, 4) is 11.5 Å². The molecule has 4 heteroatoms. The molecule has 0 spiro atoms. The number of hydrogen-bond acceptors (Lipinski definition) is 3. The molecular weight excluding hydrogens is 276 g/mol. The van der Waals surface area contributed by atoms with Gasteiger partial charge in [-0.2, -0.15) is 11.4 Å². The van der Waals surface area contributed by atoms with E-state index in [4.69, 9.17) is 9.47 Å². The Morgan fingerprint density at radius 3 is 1.89 bits per heavy atom. The lowest BCUT2D eigenvalue weighted by Crippen LogP contribution is -1.81. The average Bonchev–Trinajstić information content (AvgIpc) is 2.49. The lowest BCUT2D eigenvalue weighted by Gasteiger charge is -2.01. The predicted octanol–water partition coefficient (Wildman–Crippen LogP) is 4.08. The zero-order valence-electron chi connectivity index (χ0n) is 10.9. The third-order valence-electron chi connectivity index (χ3n) is 2.52. The van der Waals surface area contributed by atoms with Crippen molar-refractivity contribution in [2.75, 3.05) is 14.2 Å². The highest BCUT2D eigenvalue weighted by Gasteiger charge is 1.93. The van der Waals surface area contributed by atoms with E-state index in [0.717, 1.165) is 11.5 Å². The van der Waals surface area contributed by atoms with Gasteiger partial charge in [-0.1, -0.05) is 11.8 Å². The number of hydrogen-bond donors (Lipinski definition) is 1. The van der Waals surface area contributed by atoms with Crippen LogP contribution < -0.4 is 9.47 Å². The molecule has 100 valence electrons. The maximum absolute atomic E-state index is 5.13. The van der Waals surface area contributed by atoms with E-state index in [-0.39, 0.29) is 0 Å². The first-order valence-corrected chi connectivity index (χ1v) is 7.63. The lowest BCUT2D eigenvalue weighted by atomic mass is 10.3. The van der Waals surface area contributed by atoms with Crippen molar-refractivity contribution in [3.05, 3.63) is 48.5 Å². The molecule has 0 radical (unpaired) electrons. The van der Waals surface area contributed by atoms with Gasteiger partial charge in [-0.3, -0.25) is 0 Å². The summed E-state index contributed by atoms with van der Waals surface area (Å²) in [5.41, 5.74) is 0. The van der Waals surface area contributed by atoms with E-state index in [2.05, 4.69) is 29.0 Å². The molecule has 0 N–H and O–H groups in total. The van der Waals surface area contributed by atoms with Crippen molar-refractivity contribution in [3.63, 3.8) is 0 Å². The minimum absolute atomic E-state index is 0.886. The fourth-order valence-electron chi connectivity index (χ4n) is 1.47. The van der Waals surface area contributed by atoms with Crippen LogP contribution in [0.25, 0.3) is 0 Å². The minimum atomic E-state index is 0.886. The second kappa shape index (κ2) is 7.26. The molecule has 0 aliphatic carbocycles. The molecule has 0 fully saturated rings. The van der Waals surface area contributed by atoms with Crippen LogP contribution >= 0.6 is 23.1 Å². The predicted molar refractivity (Wildman–Crippen MR) is 85.2 cm³/mol. The summed E-state index contributed by atoms with van der Waals surface area (Å²) in [6.45, 7) is 0. The summed E-state index contributed by atoms with van der Waals surface area (Å²) in [6.07, 6.45) is 0. The van der Waals surface area contributed by atoms with E-state index in [0.29, 0.717) is 0 Å². The molecule has 0 unspecified atom stereocenters. The number of thioether (sulfide) groups is 1. The Morgan fingerprint density at radius 1 is 0.842 bits per heavy atom. The number of methoxy groups -OCH3 is 2. The van der Waals surface area contributed by atoms with Gasteiger partial charge in [-0.05, 0) is 53.4 Å². The van der Waals surface area contributed by atoms with Gasteiger partial charge in [0, 0.05) is 9.59 Å². The van der Waals surface area contributed by atoms with Crippen LogP contribution in [0.1, 0.15) is 0 Å². The summed E-state index contributed by atoms with van der Waals surface area (Å²) < 4.78 is 12.4. The first-order chi connectivity index (χ1) is 9.31. The third-order valence-corrected chi connectivity index (χ3v) is 4.51. The summed E-state index contributed by atoms with van der Waals surface area (Å²) in [5.74, 6) is 1.78. The number of benzene rings is 2. The molecule has 19 heavy (non-hydrogen) atoms. The van der Waals surface area contributed by atoms with Gasteiger partial charge in [-0.15, -0.1) is 0 Å². The van der Waals surface area contributed by atoms with Crippen molar-refractivity contribution in [1.82, 2.24) is 0 Å². The first-order valence-electron chi connectivity index (χ1n) is 5.79. The molecule has 0 atom stereocenters. The minimum Gasteiger partial charge on any atom is -0.497 e. The highest BCUT2D eigenvalue weighted by atomic mass is 32.2. The molecular formula is C15H16O2S2. The van der Waals surface area contributed by atoms with Gasteiger partial charge < -0.3 is 9.47 Å². The zero-order chi connectivity index (χ0) is 13.5. The molecule has 0 heterocycles. The van der Waals surface area contributed by atoms with Crippen LogP contribution in [-0.4, -0.2) is 18.9 Å². The van der Waals surface area contributed by atoms with E-state index < -0.39 is 0 Å². The molecule has 0 saturated carbocycles. The topological polar surface area (TPSA) is 18.5 Å². The Balaban J connectivity index is 1.94. The lowest BCUT2D eigenvalue weighted by molar-refractivity contribution is 0.414. The van der Waals surface area contributed by atoms with E-state index in [1.54, 1.807) is 26.0 Å². The maximum Gasteiger partial charge on any atom is 0.118 e. The van der Waals surface area contributed by atoms with Gasteiger partial charge in [0.05, 0.1) is 14.2 Å². The van der Waals surface area contributed by atoms with Crippen molar-refractivity contribution >= 4 is 27.8 Å². The monoisotopic (exact) mass is 292 g/mol. The molecule has 0 amide bonds. The smallest absolute Gasteiger partial charge is 0.118 e. The first kappa shape index (κ1) is 14.0. The SMILES string of the molecule is COc1ccc(SC=[SH]c2ccc(OC)cc2)cc1. The quantitative estimate of drug-likeness (QED) is 0.509. The zero-order valence-corrected chi connectivity index (χ0v) is 12.6. The molecule has 2 aromatic rings. The molecule has 0 aliphatic rings. The Labute approximate surface area is 121 Å². The Bertz CT molecular complexity index is 533. The van der Waals surface area contributed by atoms with E-state index >= 15 is 0 Å². The van der Waals surface area contributed by atoms with Crippen molar-refractivity contribution in [1.29, 1.82) is 0 Å². The Hall–Kier alpha value is -1.39. The van der Waals surface area contributed by atoms with Crippen LogP contribution in [0.15, 0.2) is 58.3 Å². The van der Waals surface area contributed by atoms with Crippen LogP contribution in [0.5, 0.6) is 11.5 Å².